The Hall–Kier alpha value is -3.86. The van der Waals surface area contributed by atoms with Gasteiger partial charge in [-0.15, -0.1) is 10.2 Å². The fraction of sp³-hybridized carbons (Fsp3) is 0.261. The van der Waals surface area contributed by atoms with Gasteiger partial charge in [0.05, 0.1) is 5.69 Å². The molecule has 1 aliphatic heterocycles. The highest BCUT2D eigenvalue weighted by atomic mass is 32.2. The molecule has 0 atom stereocenters. The van der Waals surface area contributed by atoms with Crippen molar-refractivity contribution in [3.8, 4) is 28.6 Å². The third-order valence-electron chi connectivity index (χ3n) is 5.48. The molecule has 0 amide bonds. The first-order valence-corrected chi connectivity index (χ1v) is 11.3. The van der Waals surface area contributed by atoms with E-state index in [0.717, 1.165) is 23.0 Å². The Morgan fingerprint density at radius 3 is 2.50 bits per heavy atom. The maximum Gasteiger partial charge on any atom is 0.396 e. The zero-order valence-electron chi connectivity index (χ0n) is 19.1. The van der Waals surface area contributed by atoms with Gasteiger partial charge in [-0.3, -0.25) is 4.57 Å². The van der Waals surface area contributed by atoms with Gasteiger partial charge in [-0.05, 0) is 44.8 Å². The number of aromatic nitrogens is 5. The number of imidazole rings is 1. The van der Waals surface area contributed by atoms with Gasteiger partial charge < -0.3 is 24.2 Å². The molecular weight excluding hydrogens is 456 g/mol. The topological polar surface area (TPSA) is 110 Å². The lowest BCUT2D eigenvalue weighted by Crippen LogP contribution is -2.10. The fourth-order valence-corrected chi connectivity index (χ4v) is 4.58. The van der Waals surface area contributed by atoms with Crippen LogP contribution in [0, 0.1) is 10.1 Å². The first-order chi connectivity index (χ1) is 16.2. The summed E-state index contributed by atoms with van der Waals surface area (Å²) in [6, 6.07) is 13.7. The normalized spacial score (nSPS) is 12.8. The second-order valence-electron chi connectivity index (χ2n) is 8.85. The zero-order chi connectivity index (χ0) is 24.0. The van der Waals surface area contributed by atoms with Gasteiger partial charge >= 0.3 is 5.82 Å². The van der Waals surface area contributed by atoms with E-state index in [1.54, 1.807) is 11.6 Å². The first-order valence-electron chi connectivity index (χ1n) is 10.5. The van der Waals surface area contributed by atoms with Crippen LogP contribution in [0.3, 0.4) is 0 Å². The van der Waals surface area contributed by atoms with E-state index in [4.69, 9.17) is 9.47 Å². The van der Waals surface area contributed by atoms with E-state index in [9.17, 15) is 10.1 Å². The molecule has 2 aromatic carbocycles. The summed E-state index contributed by atoms with van der Waals surface area (Å²) in [5.74, 6) is 1.64. The summed E-state index contributed by atoms with van der Waals surface area (Å²) in [6.07, 6.45) is 1.41. The SMILES string of the molecule is Cn1cnc([N+](=O)[O-])c1Sc1nnc(-c2ccc(C(C)(C)C)cc2)n1-c1ccc2c(c1)OCO2. The van der Waals surface area contributed by atoms with Crippen molar-refractivity contribution in [2.45, 2.75) is 36.4 Å². The number of ether oxygens (including phenoxy) is 2. The third kappa shape index (κ3) is 3.87. The van der Waals surface area contributed by atoms with Crippen LogP contribution in [0.2, 0.25) is 0 Å². The molecule has 174 valence electrons. The Labute approximate surface area is 199 Å². The summed E-state index contributed by atoms with van der Waals surface area (Å²) in [5, 5.41) is 21.1. The predicted molar refractivity (Wildman–Crippen MR) is 126 cm³/mol. The third-order valence-corrected chi connectivity index (χ3v) is 6.59. The van der Waals surface area contributed by atoms with Crippen molar-refractivity contribution in [3.05, 3.63) is 64.5 Å². The van der Waals surface area contributed by atoms with Gasteiger partial charge in [0.1, 0.15) is 0 Å². The molecule has 0 saturated heterocycles. The second-order valence-corrected chi connectivity index (χ2v) is 9.81. The molecular formula is C23H22N6O4S. The number of hydrogen-bond acceptors (Lipinski definition) is 8. The van der Waals surface area contributed by atoms with Gasteiger partial charge in [0.15, 0.2) is 22.3 Å². The van der Waals surface area contributed by atoms with E-state index in [1.807, 2.05) is 34.9 Å². The second kappa shape index (κ2) is 8.17. The Morgan fingerprint density at radius 1 is 1.06 bits per heavy atom. The molecule has 2 aromatic heterocycles. The highest BCUT2D eigenvalue weighted by Gasteiger charge is 2.26. The van der Waals surface area contributed by atoms with E-state index in [-0.39, 0.29) is 18.0 Å². The summed E-state index contributed by atoms with van der Waals surface area (Å²) in [5.41, 5.74) is 2.83. The summed E-state index contributed by atoms with van der Waals surface area (Å²) >= 11 is 1.13. The Balaban J connectivity index is 1.64. The molecule has 4 aromatic rings. The van der Waals surface area contributed by atoms with E-state index in [1.165, 1.54) is 11.9 Å². The molecule has 0 unspecified atom stereocenters. The van der Waals surface area contributed by atoms with Crippen molar-refractivity contribution in [3.63, 3.8) is 0 Å². The minimum atomic E-state index is -0.504. The number of nitrogens with zero attached hydrogens (tertiary/aromatic N) is 6. The smallest absolute Gasteiger partial charge is 0.396 e. The van der Waals surface area contributed by atoms with E-state index >= 15 is 0 Å². The average molecular weight is 479 g/mol. The van der Waals surface area contributed by atoms with E-state index in [2.05, 4.69) is 48.1 Å². The zero-order valence-corrected chi connectivity index (χ0v) is 19.9. The monoisotopic (exact) mass is 478 g/mol. The van der Waals surface area contributed by atoms with E-state index < -0.39 is 4.92 Å². The van der Waals surface area contributed by atoms with Crippen LogP contribution in [0.5, 0.6) is 11.5 Å². The quantitative estimate of drug-likeness (QED) is 0.298. The summed E-state index contributed by atoms with van der Waals surface area (Å²) in [7, 11) is 1.70. The van der Waals surface area contributed by atoms with Crippen molar-refractivity contribution in [2.24, 2.45) is 7.05 Å². The van der Waals surface area contributed by atoms with Gasteiger partial charge in [0.2, 0.25) is 18.3 Å². The number of nitro groups is 1. The number of rotatable bonds is 5. The van der Waals surface area contributed by atoms with Crippen molar-refractivity contribution in [1.29, 1.82) is 0 Å². The molecule has 0 N–H and O–H groups in total. The fourth-order valence-electron chi connectivity index (χ4n) is 3.64. The number of benzene rings is 2. The van der Waals surface area contributed by atoms with Crippen LogP contribution >= 0.6 is 11.8 Å². The molecule has 0 bridgehead atoms. The van der Waals surface area contributed by atoms with Crippen LogP contribution in [-0.2, 0) is 12.5 Å². The van der Waals surface area contributed by atoms with Gasteiger partial charge in [0.25, 0.3) is 0 Å². The summed E-state index contributed by atoms with van der Waals surface area (Å²) in [6.45, 7) is 6.64. The van der Waals surface area contributed by atoms with E-state index in [0.29, 0.717) is 27.5 Å². The van der Waals surface area contributed by atoms with Crippen molar-refractivity contribution in [1.82, 2.24) is 24.3 Å². The van der Waals surface area contributed by atoms with Crippen molar-refractivity contribution < 1.29 is 14.4 Å². The molecule has 3 heterocycles. The van der Waals surface area contributed by atoms with Crippen molar-refractivity contribution in [2.75, 3.05) is 6.79 Å². The lowest BCUT2D eigenvalue weighted by Gasteiger charge is -2.19. The standard InChI is InChI=1S/C23H22N6O4S/c1-23(2,3)15-7-5-14(6-8-15)19-25-26-22(34-21-20(29(30)31)24-12-27(21)4)28(19)16-9-10-17-18(11-16)33-13-32-17/h5-12H,13H2,1-4H3. The van der Waals surface area contributed by atoms with Gasteiger partial charge in [-0.2, -0.15) is 0 Å². The molecule has 5 rings (SSSR count). The lowest BCUT2D eigenvalue weighted by atomic mass is 9.87. The molecule has 1 aliphatic rings. The minimum Gasteiger partial charge on any atom is -0.454 e. The van der Waals surface area contributed by atoms with Gasteiger partial charge in [0, 0.05) is 18.7 Å². The molecule has 0 spiro atoms. The van der Waals surface area contributed by atoms with Gasteiger partial charge in [-0.25, -0.2) is 0 Å². The molecule has 0 aliphatic carbocycles. The van der Waals surface area contributed by atoms with Gasteiger partial charge in [-0.1, -0.05) is 45.0 Å². The summed E-state index contributed by atoms with van der Waals surface area (Å²) < 4.78 is 14.5. The predicted octanol–water partition coefficient (Wildman–Crippen LogP) is 4.75. The first kappa shape index (κ1) is 22.0. The Kier molecular flexibility index (Phi) is 5.28. The number of fused-ring (bicyclic) bond motifs is 1. The van der Waals surface area contributed by atoms with Crippen LogP contribution in [0.4, 0.5) is 5.82 Å². The molecule has 0 radical (unpaired) electrons. The van der Waals surface area contributed by atoms with Crippen LogP contribution in [0.25, 0.3) is 17.1 Å². The molecule has 0 fully saturated rings. The summed E-state index contributed by atoms with van der Waals surface area (Å²) in [4.78, 5) is 14.9. The maximum absolute atomic E-state index is 11.5. The molecule has 11 heteroatoms. The van der Waals surface area contributed by atoms with Crippen LogP contribution in [0.15, 0.2) is 59.0 Å². The highest BCUT2D eigenvalue weighted by molar-refractivity contribution is 7.99. The number of hydrogen-bond donors (Lipinski definition) is 0. The Morgan fingerprint density at radius 2 is 1.79 bits per heavy atom. The molecule has 34 heavy (non-hydrogen) atoms. The van der Waals surface area contributed by atoms with Crippen LogP contribution in [-0.4, -0.2) is 36.0 Å². The highest BCUT2D eigenvalue weighted by Crippen LogP contribution is 2.39. The minimum absolute atomic E-state index is 0.0169. The Bertz CT molecular complexity index is 1390. The lowest BCUT2D eigenvalue weighted by molar-refractivity contribution is -0.392. The molecule has 10 nitrogen and oxygen atoms in total. The van der Waals surface area contributed by atoms with Crippen LogP contribution in [0.1, 0.15) is 26.3 Å². The largest absolute Gasteiger partial charge is 0.454 e. The maximum atomic E-state index is 11.5. The van der Waals surface area contributed by atoms with Crippen LogP contribution < -0.4 is 9.47 Å². The average Bonchev–Trinajstić information content (AvgIpc) is 3.52. The molecule has 0 saturated carbocycles. The number of aryl methyl sites for hydroxylation is 1. The van der Waals surface area contributed by atoms with Crippen molar-refractivity contribution >= 4 is 17.6 Å².